The largest absolute Gasteiger partial charge is 0.338 e. The van der Waals surface area contributed by atoms with Crippen molar-refractivity contribution in [3.63, 3.8) is 0 Å². The van der Waals surface area contributed by atoms with Gasteiger partial charge in [0.1, 0.15) is 0 Å². The lowest BCUT2D eigenvalue weighted by Gasteiger charge is -2.36. The monoisotopic (exact) mass is 325 g/mol. The standard InChI is InChI=1S/C15H23N3O3S/c1-15(2,16)14(19)17-8-10-18(11-9-17)22(20,21)12-13-6-4-3-5-7-13/h3-7H,8-12,16H2,1-2H3. The molecule has 1 aliphatic rings. The number of nitrogens with zero attached hydrogens (tertiary/aromatic N) is 2. The van der Waals surface area contributed by atoms with Crippen molar-refractivity contribution in [2.45, 2.75) is 25.1 Å². The van der Waals surface area contributed by atoms with Gasteiger partial charge in [-0.3, -0.25) is 4.79 Å². The summed E-state index contributed by atoms with van der Waals surface area (Å²) in [7, 11) is -3.36. The molecule has 0 unspecified atom stereocenters. The molecule has 0 bridgehead atoms. The third kappa shape index (κ3) is 4.06. The van der Waals surface area contributed by atoms with Gasteiger partial charge in [0.05, 0.1) is 11.3 Å². The van der Waals surface area contributed by atoms with Crippen molar-refractivity contribution in [3.8, 4) is 0 Å². The molecule has 1 amide bonds. The molecule has 0 atom stereocenters. The summed E-state index contributed by atoms with van der Waals surface area (Å²) in [6.45, 7) is 4.72. The fourth-order valence-electron chi connectivity index (χ4n) is 2.45. The minimum Gasteiger partial charge on any atom is -0.338 e. The van der Waals surface area contributed by atoms with Crippen LogP contribution < -0.4 is 5.73 Å². The molecule has 0 aliphatic carbocycles. The predicted molar refractivity (Wildman–Crippen MR) is 85.5 cm³/mol. The zero-order chi connectivity index (χ0) is 16.4. The van der Waals surface area contributed by atoms with Crippen LogP contribution in [0.15, 0.2) is 30.3 Å². The Hall–Kier alpha value is -1.44. The van der Waals surface area contributed by atoms with Gasteiger partial charge in [-0.05, 0) is 19.4 Å². The fraction of sp³-hybridized carbons (Fsp3) is 0.533. The van der Waals surface area contributed by atoms with E-state index < -0.39 is 15.6 Å². The molecule has 0 spiro atoms. The van der Waals surface area contributed by atoms with Crippen molar-refractivity contribution >= 4 is 15.9 Å². The Kier molecular flexibility index (Phi) is 4.89. The van der Waals surface area contributed by atoms with Gasteiger partial charge in [-0.25, -0.2) is 8.42 Å². The first-order valence-electron chi connectivity index (χ1n) is 7.30. The molecule has 2 N–H and O–H groups in total. The molecule has 122 valence electrons. The van der Waals surface area contributed by atoms with Crippen molar-refractivity contribution in [1.82, 2.24) is 9.21 Å². The van der Waals surface area contributed by atoms with Crippen molar-refractivity contribution in [1.29, 1.82) is 0 Å². The smallest absolute Gasteiger partial charge is 0.242 e. The second-order valence-electron chi connectivity index (χ2n) is 6.15. The van der Waals surface area contributed by atoms with Gasteiger partial charge in [0.15, 0.2) is 0 Å². The molecule has 7 heteroatoms. The van der Waals surface area contributed by atoms with E-state index >= 15 is 0 Å². The number of hydrogen-bond acceptors (Lipinski definition) is 4. The van der Waals surface area contributed by atoms with Gasteiger partial charge < -0.3 is 10.6 Å². The third-order valence-corrected chi connectivity index (χ3v) is 5.51. The first kappa shape index (κ1) is 16.9. The van der Waals surface area contributed by atoms with E-state index in [9.17, 15) is 13.2 Å². The normalized spacial score (nSPS) is 17.5. The SMILES string of the molecule is CC(C)(N)C(=O)N1CCN(S(=O)(=O)Cc2ccccc2)CC1. The number of amides is 1. The predicted octanol–water partition coefficient (Wildman–Crippen LogP) is 0.398. The van der Waals surface area contributed by atoms with Gasteiger partial charge in [0.2, 0.25) is 15.9 Å². The summed E-state index contributed by atoms with van der Waals surface area (Å²) in [4.78, 5) is 13.7. The lowest BCUT2D eigenvalue weighted by atomic mass is 10.1. The number of piperazine rings is 1. The van der Waals surface area contributed by atoms with Crippen LogP contribution in [0.4, 0.5) is 0 Å². The van der Waals surface area contributed by atoms with E-state index in [0.717, 1.165) is 5.56 Å². The summed E-state index contributed by atoms with van der Waals surface area (Å²) < 4.78 is 26.3. The van der Waals surface area contributed by atoms with Gasteiger partial charge in [0.25, 0.3) is 0 Å². The van der Waals surface area contributed by atoms with E-state index in [1.165, 1.54) is 4.31 Å². The number of carbonyl (C=O) groups excluding carboxylic acids is 1. The molecule has 0 radical (unpaired) electrons. The van der Waals surface area contributed by atoms with Gasteiger partial charge in [-0.1, -0.05) is 30.3 Å². The molecule has 2 rings (SSSR count). The zero-order valence-corrected chi connectivity index (χ0v) is 13.8. The second kappa shape index (κ2) is 6.36. The molecule has 1 aromatic carbocycles. The maximum Gasteiger partial charge on any atom is 0.242 e. The number of benzene rings is 1. The first-order valence-corrected chi connectivity index (χ1v) is 8.91. The number of hydrogen-bond donors (Lipinski definition) is 1. The number of nitrogens with two attached hydrogens (primary N) is 1. The molecule has 1 saturated heterocycles. The highest BCUT2D eigenvalue weighted by atomic mass is 32.2. The Labute approximate surface area is 131 Å². The van der Waals surface area contributed by atoms with Gasteiger partial charge in [-0.15, -0.1) is 0 Å². The maximum absolute atomic E-state index is 12.4. The zero-order valence-electron chi connectivity index (χ0n) is 13.0. The Morgan fingerprint density at radius 1 is 1.14 bits per heavy atom. The van der Waals surface area contributed by atoms with Crippen molar-refractivity contribution in [2.24, 2.45) is 5.73 Å². The third-order valence-electron chi connectivity index (χ3n) is 3.66. The van der Waals surface area contributed by atoms with E-state index in [-0.39, 0.29) is 11.7 Å². The summed E-state index contributed by atoms with van der Waals surface area (Å²) in [6, 6.07) is 9.10. The summed E-state index contributed by atoms with van der Waals surface area (Å²) >= 11 is 0. The Bertz CT molecular complexity index is 615. The quantitative estimate of drug-likeness (QED) is 0.868. The number of sulfonamides is 1. The minimum atomic E-state index is -3.36. The summed E-state index contributed by atoms with van der Waals surface area (Å²) in [5, 5.41) is 0. The second-order valence-corrected chi connectivity index (χ2v) is 8.12. The topological polar surface area (TPSA) is 83.7 Å². The van der Waals surface area contributed by atoms with E-state index in [2.05, 4.69) is 0 Å². The van der Waals surface area contributed by atoms with Gasteiger partial charge in [-0.2, -0.15) is 4.31 Å². The lowest BCUT2D eigenvalue weighted by Crippen LogP contribution is -2.57. The van der Waals surface area contributed by atoms with E-state index in [0.29, 0.717) is 26.2 Å². The molecule has 1 aliphatic heterocycles. The van der Waals surface area contributed by atoms with E-state index in [1.807, 2.05) is 18.2 Å². The lowest BCUT2D eigenvalue weighted by molar-refractivity contribution is -0.137. The fourth-order valence-corrected chi connectivity index (χ4v) is 3.97. The van der Waals surface area contributed by atoms with Crippen LogP contribution in [0.1, 0.15) is 19.4 Å². The van der Waals surface area contributed by atoms with Crippen LogP contribution in [0, 0.1) is 0 Å². The van der Waals surface area contributed by atoms with Crippen molar-refractivity contribution < 1.29 is 13.2 Å². The Balaban J connectivity index is 1.98. The highest BCUT2D eigenvalue weighted by Gasteiger charge is 2.33. The highest BCUT2D eigenvalue weighted by molar-refractivity contribution is 7.88. The van der Waals surface area contributed by atoms with Gasteiger partial charge in [0, 0.05) is 26.2 Å². The molecular formula is C15H23N3O3S. The van der Waals surface area contributed by atoms with Crippen LogP contribution in [-0.2, 0) is 20.6 Å². The summed E-state index contributed by atoms with van der Waals surface area (Å²) in [6.07, 6.45) is 0. The van der Waals surface area contributed by atoms with E-state index in [4.69, 9.17) is 5.73 Å². The molecule has 0 saturated carbocycles. The first-order chi connectivity index (χ1) is 10.2. The van der Waals surface area contributed by atoms with Crippen LogP contribution in [0.5, 0.6) is 0 Å². The molecular weight excluding hydrogens is 302 g/mol. The molecule has 0 aromatic heterocycles. The Morgan fingerprint density at radius 3 is 2.18 bits per heavy atom. The highest BCUT2D eigenvalue weighted by Crippen LogP contribution is 2.15. The van der Waals surface area contributed by atoms with E-state index in [1.54, 1.807) is 30.9 Å². The van der Waals surface area contributed by atoms with Crippen molar-refractivity contribution in [3.05, 3.63) is 35.9 Å². The Morgan fingerprint density at radius 2 is 1.68 bits per heavy atom. The molecule has 6 nitrogen and oxygen atoms in total. The summed E-state index contributed by atoms with van der Waals surface area (Å²) in [5.74, 6) is -0.155. The average Bonchev–Trinajstić information content (AvgIpc) is 2.46. The summed E-state index contributed by atoms with van der Waals surface area (Å²) in [5.41, 5.74) is 5.65. The molecule has 22 heavy (non-hydrogen) atoms. The number of rotatable bonds is 4. The van der Waals surface area contributed by atoms with Gasteiger partial charge >= 0.3 is 0 Å². The van der Waals surface area contributed by atoms with Crippen LogP contribution in [0.25, 0.3) is 0 Å². The minimum absolute atomic E-state index is 0.00975. The van der Waals surface area contributed by atoms with Crippen LogP contribution in [0.3, 0.4) is 0 Å². The maximum atomic E-state index is 12.4. The average molecular weight is 325 g/mol. The molecule has 1 heterocycles. The van der Waals surface area contributed by atoms with Crippen LogP contribution in [-0.4, -0.2) is 55.2 Å². The molecule has 1 aromatic rings. The van der Waals surface area contributed by atoms with Crippen LogP contribution in [0.2, 0.25) is 0 Å². The van der Waals surface area contributed by atoms with Crippen LogP contribution >= 0.6 is 0 Å². The van der Waals surface area contributed by atoms with Crippen molar-refractivity contribution in [2.75, 3.05) is 26.2 Å². The number of carbonyl (C=O) groups is 1. The molecule has 1 fully saturated rings.